The highest BCUT2D eigenvalue weighted by Gasteiger charge is 2.35. The summed E-state index contributed by atoms with van der Waals surface area (Å²) >= 11 is 2.98. The van der Waals surface area contributed by atoms with E-state index in [1.807, 2.05) is 0 Å². The molecule has 0 spiro atoms. The standard InChI is InChI=1S/C12H8BrF3N2O3/c1-18(11(19)20)10-17-5-9(21-10)7-3-2-6(13)4-8(7)12(14,15)16/h2-5H,1H3,(H,19,20). The number of halogens is 4. The fraction of sp³-hybridized carbons (Fsp3) is 0.167. The van der Waals surface area contributed by atoms with Crippen LogP contribution in [0.5, 0.6) is 0 Å². The molecule has 9 heteroatoms. The number of aromatic nitrogens is 1. The highest BCUT2D eigenvalue weighted by atomic mass is 79.9. The summed E-state index contributed by atoms with van der Waals surface area (Å²) in [5.41, 5.74) is -1.12. The van der Waals surface area contributed by atoms with Crippen molar-refractivity contribution in [2.75, 3.05) is 11.9 Å². The molecule has 0 aliphatic rings. The van der Waals surface area contributed by atoms with Gasteiger partial charge in [-0.05, 0) is 18.2 Å². The van der Waals surface area contributed by atoms with Gasteiger partial charge >= 0.3 is 18.3 Å². The Kier molecular flexibility index (Phi) is 3.95. The van der Waals surface area contributed by atoms with Crippen LogP contribution in [0, 0.1) is 0 Å². The minimum absolute atomic E-state index is 0.169. The van der Waals surface area contributed by atoms with Crippen molar-refractivity contribution in [2.45, 2.75) is 6.18 Å². The van der Waals surface area contributed by atoms with Crippen LogP contribution in [0.1, 0.15) is 5.56 Å². The van der Waals surface area contributed by atoms with Gasteiger partial charge in [0.1, 0.15) is 0 Å². The predicted octanol–water partition coefficient (Wildman–Crippen LogP) is 4.24. The third kappa shape index (κ3) is 3.18. The molecule has 2 rings (SSSR count). The molecule has 0 fully saturated rings. The number of benzene rings is 1. The van der Waals surface area contributed by atoms with Gasteiger partial charge in [0, 0.05) is 17.1 Å². The zero-order chi connectivity index (χ0) is 15.8. The molecular weight excluding hydrogens is 357 g/mol. The molecular formula is C12H8BrF3N2O3. The van der Waals surface area contributed by atoms with E-state index in [-0.39, 0.29) is 21.8 Å². The average Bonchev–Trinajstić information content (AvgIpc) is 2.86. The fourth-order valence-corrected chi connectivity index (χ4v) is 1.95. The third-order valence-corrected chi connectivity index (χ3v) is 3.11. The zero-order valence-electron chi connectivity index (χ0n) is 10.5. The number of carboxylic acid groups (broad SMARTS) is 1. The van der Waals surface area contributed by atoms with Crippen molar-refractivity contribution in [1.29, 1.82) is 0 Å². The molecule has 0 aliphatic heterocycles. The van der Waals surface area contributed by atoms with E-state index < -0.39 is 17.8 Å². The van der Waals surface area contributed by atoms with E-state index >= 15 is 0 Å². The van der Waals surface area contributed by atoms with Crippen molar-refractivity contribution < 1.29 is 27.5 Å². The zero-order valence-corrected chi connectivity index (χ0v) is 12.1. The molecule has 2 aromatic rings. The SMILES string of the molecule is CN(C(=O)O)c1ncc(-c2ccc(Br)cc2C(F)(F)F)o1. The van der Waals surface area contributed by atoms with Crippen LogP contribution >= 0.6 is 15.9 Å². The molecule has 21 heavy (non-hydrogen) atoms. The molecule has 0 saturated carbocycles. The molecule has 0 unspecified atom stereocenters. The Morgan fingerprint density at radius 2 is 2.10 bits per heavy atom. The largest absolute Gasteiger partial charge is 0.465 e. The van der Waals surface area contributed by atoms with E-state index in [0.717, 1.165) is 12.3 Å². The molecule has 1 aromatic carbocycles. The van der Waals surface area contributed by atoms with Crippen LogP contribution in [-0.2, 0) is 6.18 Å². The van der Waals surface area contributed by atoms with Gasteiger partial charge in [0.05, 0.1) is 11.8 Å². The van der Waals surface area contributed by atoms with Crippen molar-refractivity contribution in [3.8, 4) is 11.3 Å². The summed E-state index contributed by atoms with van der Waals surface area (Å²) in [6, 6.07) is 3.25. The predicted molar refractivity (Wildman–Crippen MR) is 71.1 cm³/mol. The van der Waals surface area contributed by atoms with Crippen molar-refractivity contribution in [3.63, 3.8) is 0 Å². The Hall–Kier alpha value is -2.03. The van der Waals surface area contributed by atoms with Crippen LogP contribution in [0.15, 0.2) is 33.3 Å². The summed E-state index contributed by atoms with van der Waals surface area (Å²) in [5, 5.41) is 8.78. The van der Waals surface area contributed by atoms with Crippen LogP contribution in [-0.4, -0.2) is 23.2 Å². The highest BCUT2D eigenvalue weighted by Crippen LogP contribution is 2.39. The van der Waals surface area contributed by atoms with Gasteiger partial charge in [-0.1, -0.05) is 15.9 Å². The lowest BCUT2D eigenvalue weighted by atomic mass is 10.1. The smallest absolute Gasteiger partial charge is 0.417 e. The number of alkyl halides is 3. The van der Waals surface area contributed by atoms with Gasteiger partial charge in [0.15, 0.2) is 5.76 Å². The number of nitrogens with zero attached hydrogens (tertiary/aromatic N) is 2. The summed E-state index contributed by atoms with van der Waals surface area (Å²) < 4.78 is 44.4. The topological polar surface area (TPSA) is 66.6 Å². The van der Waals surface area contributed by atoms with Crippen LogP contribution in [0.3, 0.4) is 0 Å². The van der Waals surface area contributed by atoms with Crippen LogP contribution in [0.2, 0.25) is 0 Å². The van der Waals surface area contributed by atoms with Gasteiger partial charge in [0.2, 0.25) is 0 Å². The average molecular weight is 365 g/mol. The summed E-state index contributed by atoms with van der Waals surface area (Å²) in [6.45, 7) is 0. The van der Waals surface area contributed by atoms with Gasteiger partial charge in [-0.15, -0.1) is 0 Å². The van der Waals surface area contributed by atoms with Gasteiger partial charge in [-0.2, -0.15) is 13.2 Å². The summed E-state index contributed by atoms with van der Waals surface area (Å²) in [7, 11) is 1.17. The monoisotopic (exact) mass is 364 g/mol. The maximum atomic E-state index is 13.0. The lowest BCUT2D eigenvalue weighted by Crippen LogP contribution is -2.23. The molecule has 0 bridgehead atoms. The molecule has 1 heterocycles. The number of oxazole rings is 1. The van der Waals surface area contributed by atoms with E-state index in [2.05, 4.69) is 20.9 Å². The second kappa shape index (κ2) is 5.40. The minimum Gasteiger partial charge on any atom is -0.465 e. The van der Waals surface area contributed by atoms with Gasteiger partial charge in [0.25, 0.3) is 0 Å². The minimum atomic E-state index is -4.58. The lowest BCUT2D eigenvalue weighted by Gasteiger charge is -2.11. The number of amides is 1. The maximum absolute atomic E-state index is 13.0. The second-order valence-electron chi connectivity index (χ2n) is 4.04. The number of anilines is 1. The van der Waals surface area contributed by atoms with Crippen molar-refractivity contribution in [3.05, 3.63) is 34.4 Å². The van der Waals surface area contributed by atoms with E-state index in [9.17, 15) is 18.0 Å². The molecule has 112 valence electrons. The normalized spacial score (nSPS) is 11.5. The van der Waals surface area contributed by atoms with Gasteiger partial charge < -0.3 is 9.52 Å². The van der Waals surface area contributed by atoms with E-state index in [0.29, 0.717) is 4.90 Å². The summed E-state index contributed by atoms with van der Waals surface area (Å²) in [6.07, 6.45) is -4.87. The van der Waals surface area contributed by atoms with Crippen LogP contribution < -0.4 is 4.90 Å². The number of rotatable bonds is 2. The lowest BCUT2D eigenvalue weighted by molar-refractivity contribution is -0.137. The molecule has 5 nitrogen and oxygen atoms in total. The van der Waals surface area contributed by atoms with Crippen molar-refractivity contribution in [1.82, 2.24) is 4.98 Å². The van der Waals surface area contributed by atoms with Crippen LogP contribution in [0.25, 0.3) is 11.3 Å². The number of carbonyl (C=O) groups is 1. The quantitative estimate of drug-likeness (QED) is 0.865. The fourth-order valence-electron chi connectivity index (χ4n) is 1.59. The summed E-state index contributed by atoms with van der Waals surface area (Å²) in [4.78, 5) is 15.1. The Morgan fingerprint density at radius 3 is 2.67 bits per heavy atom. The molecule has 0 aliphatic carbocycles. The molecule has 1 aromatic heterocycles. The Bertz CT molecular complexity index is 685. The first-order valence-corrected chi connectivity index (χ1v) is 6.29. The molecule has 0 atom stereocenters. The van der Waals surface area contributed by atoms with E-state index in [4.69, 9.17) is 9.52 Å². The Labute approximate surface area is 125 Å². The number of hydrogen-bond acceptors (Lipinski definition) is 3. The highest BCUT2D eigenvalue weighted by molar-refractivity contribution is 9.10. The second-order valence-corrected chi connectivity index (χ2v) is 4.95. The van der Waals surface area contributed by atoms with E-state index in [1.165, 1.54) is 19.2 Å². The molecule has 0 saturated heterocycles. The first-order valence-electron chi connectivity index (χ1n) is 5.49. The van der Waals surface area contributed by atoms with Crippen LogP contribution in [0.4, 0.5) is 24.0 Å². The Morgan fingerprint density at radius 1 is 1.43 bits per heavy atom. The number of hydrogen-bond donors (Lipinski definition) is 1. The molecule has 1 amide bonds. The first kappa shape index (κ1) is 15.4. The van der Waals surface area contributed by atoms with E-state index in [1.54, 1.807) is 0 Å². The van der Waals surface area contributed by atoms with Crippen molar-refractivity contribution in [2.24, 2.45) is 0 Å². The van der Waals surface area contributed by atoms with Crippen molar-refractivity contribution >= 4 is 28.0 Å². The first-order chi connectivity index (χ1) is 9.70. The Balaban J connectivity index is 2.50. The molecule has 0 radical (unpaired) electrons. The van der Waals surface area contributed by atoms with Gasteiger partial charge in [-0.25, -0.2) is 14.7 Å². The maximum Gasteiger partial charge on any atom is 0.417 e. The third-order valence-electron chi connectivity index (χ3n) is 2.62. The summed E-state index contributed by atoms with van der Waals surface area (Å²) in [5.74, 6) is -0.169. The molecule has 1 N–H and O–H groups in total. The van der Waals surface area contributed by atoms with Gasteiger partial charge in [-0.3, -0.25) is 0 Å².